The molecule has 2 rings (SSSR count). The Balaban J connectivity index is 1.80. The first-order valence-electron chi connectivity index (χ1n) is 7.23. The third kappa shape index (κ3) is 4.99. The van der Waals surface area contributed by atoms with E-state index >= 15 is 0 Å². The molecule has 0 aliphatic rings. The average Bonchev–Trinajstić information content (AvgIpc) is 2.92. The van der Waals surface area contributed by atoms with Gasteiger partial charge in [-0.15, -0.1) is 11.3 Å². The highest BCUT2D eigenvalue weighted by atomic mass is 32.1. The quantitative estimate of drug-likeness (QED) is 0.791. The van der Waals surface area contributed by atoms with Crippen LogP contribution in [-0.2, 0) is 6.42 Å². The number of ether oxygens (including phenoxy) is 1. The minimum Gasteiger partial charge on any atom is -0.494 e. The molecule has 0 saturated carbocycles. The molecule has 0 aliphatic carbocycles. The van der Waals surface area contributed by atoms with E-state index in [0.29, 0.717) is 6.04 Å². The highest BCUT2D eigenvalue weighted by Crippen LogP contribution is 2.15. The fourth-order valence-electron chi connectivity index (χ4n) is 2.26. The lowest BCUT2D eigenvalue weighted by Crippen LogP contribution is -2.32. The summed E-state index contributed by atoms with van der Waals surface area (Å²) < 4.78 is 5.85. The number of hydrogen-bond donors (Lipinski definition) is 1. The van der Waals surface area contributed by atoms with E-state index in [9.17, 15) is 0 Å². The van der Waals surface area contributed by atoms with Crippen molar-refractivity contribution in [3.05, 3.63) is 52.2 Å². The molecule has 0 amide bonds. The Morgan fingerprint density at radius 2 is 2.15 bits per heavy atom. The first kappa shape index (κ1) is 15.1. The largest absolute Gasteiger partial charge is 0.494 e. The standard InChI is InChI=1S/C17H23NOS/c1-3-18-15(13-17-8-5-11-20-17)9-10-19-16-7-4-6-14(2)12-16/h4-8,11-12,15,18H,3,9-10,13H2,1-2H3. The topological polar surface area (TPSA) is 21.3 Å². The second-order valence-corrected chi connectivity index (χ2v) is 6.02. The van der Waals surface area contributed by atoms with Gasteiger partial charge < -0.3 is 10.1 Å². The summed E-state index contributed by atoms with van der Waals surface area (Å²) in [5.41, 5.74) is 1.24. The molecule has 0 aliphatic heterocycles. The molecule has 1 heterocycles. The van der Waals surface area contributed by atoms with Crippen LogP contribution in [-0.4, -0.2) is 19.2 Å². The molecular weight excluding hydrogens is 266 g/mol. The molecule has 2 nitrogen and oxygen atoms in total. The van der Waals surface area contributed by atoms with Gasteiger partial charge in [0.1, 0.15) is 5.75 Å². The Bertz CT molecular complexity index is 495. The minimum absolute atomic E-state index is 0.489. The maximum absolute atomic E-state index is 5.85. The molecule has 0 spiro atoms. The van der Waals surface area contributed by atoms with Crippen molar-refractivity contribution in [3.8, 4) is 5.75 Å². The molecule has 0 bridgehead atoms. The number of nitrogens with one attached hydrogen (secondary N) is 1. The van der Waals surface area contributed by atoms with Crippen LogP contribution in [0.3, 0.4) is 0 Å². The Morgan fingerprint density at radius 3 is 2.85 bits per heavy atom. The molecule has 20 heavy (non-hydrogen) atoms. The summed E-state index contributed by atoms with van der Waals surface area (Å²) in [6, 6.07) is 13.0. The Hall–Kier alpha value is -1.32. The molecule has 1 unspecified atom stereocenters. The zero-order valence-corrected chi connectivity index (χ0v) is 13.1. The molecule has 0 fully saturated rings. The molecule has 1 aromatic carbocycles. The van der Waals surface area contributed by atoms with Crippen LogP contribution in [0, 0.1) is 6.92 Å². The average molecular weight is 289 g/mol. The number of likely N-dealkylation sites (N-methyl/N-ethyl adjacent to an activating group) is 1. The van der Waals surface area contributed by atoms with Gasteiger partial charge in [-0.2, -0.15) is 0 Å². The van der Waals surface area contributed by atoms with E-state index in [0.717, 1.165) is 31.7 Å². The van der Waals surface area contributed by atoms with Crippen molar-refractivity contribution in [2.45, 2.75) is 32.7 Å². The smallest absolute Gasteiger partial charge is 0.119 e. The van der Waals surface area contributed by atoms with Crippen LogP contribution < -0.4 is 10.1 Å². The number of thiophene rings is 1. The van der Waals surface area contributed by atoms with Gasteiger partial charge >= 0.3 is 0 Å². The SMILES string of the molecule is CCNC(CCOc1cccc(C)c1)Cc1cccs1. The van der Waals surface area contributed by atoms with Gasteiger partial charge in [0.05, 0.1) is 6.61 Å². The lowest BCUT2D eigenvalue weighted by molar-refractivity contribution is 0.286. The fourth-order valence-corrected chi connectivity index (χ4v) is 3.05. The molecule has 2 aromatic rings. The van der Waals surface area contributed by atoms with Crippen LogP contribution >= 0.6 is 11.3 Å². The Labute approximate surface area is 125 Å². The van der Waals surface area contributed by atoms with Crippen LogP contribution in [0.5, 0.6) is 5.75 Å². The molecule has 1 aromatic heterocycles. The van der Waals surface area contributed by atoms with Crippen molar-refractivity contribution < 1.29 is 4.74 Å². The second-order valence-electron chi connectivity index (χ2n) is 4.99. The predicted octanol–water partition coefficient (Wildman–Crippen LogP) is 4.05. The molecule has 1 atom stereocenters. The van der Waals surface area contributed by atoms with Gasteiger partial charge in [0, 0.05) is 10.9 Å². The van der Waals surface area contributed by atoms with E-state index in [1.165, 1.54) is 10.4 Å². The Morgan fingerprint density at radius 1 is 1.25 bits per heavy atom. The van der Waals surface area contributed by atoms with Crippen molar-refractivity contribution in [1.29, 1.82) is 0 Å². The molecule has 0 radical (unpaired) electrons. The number of benzene rings is 1. The molecule has 0 saturated heterocycles. The van der Waals surface area contributed by atoms with Crippen LogP contribution in [0.15, 0.2) is 41.8 Å². The van der Waals surface area contributed by atoms with E-state index in [-0.39, 0.29) is 0 Å². The van der Waals surface area contributed by atoms with Crippen molar-refractivity contribution in [3.63, 3.8) is 0 Å². The lowest BCUT2D eigenvalue weighted by Gasteiger charge is -2.17. The zero-order chi connectivity index (χ0) is 14.2. The minimum atomic E-state index is 0.489. The van der Waals surface area contributed by atoms with E-state index in [2.05, 4.69) is 48.8 Å². The van der Waals surface area contributed by atoms with E-state index in [1.807, 2.05) is 23.5 Å². The van der Waals surface area contributed by atoms with Crippen molar-refractivity contribution in [2.24, 2.45) is 0 Å². The summed E-state index contributed by atoms with van der Waals surface area (Å²) >= 11 is 1.83. The highest BCUT2D eigenvalue weighted by Gasteiger charge is 2.09. The maximum atomic E-state index is 5.85. The van der Waals surface area contributed by atoms with Gasteiger partial charge in [0.15, 0.2) is 0 Å². The lowest BCUT2D eigenvalue weighted by atomic mass is 10.1. The molecular formula is C17H23NOS. The van der Waals surface area contributed by atoms with Crippen LogP contribution in [0.4, 0.5) is 0 Å². The fraction of sp³-hybridized carbons (Fsp3) is 0.412. The molecule has 3 heteroatoms. The van der Waals surface area contributed by atoms with Gasteiger partial charge in [-0.25, -0.2) is 0 Å². The zero-order valence-electron chi connectivity index (χ0n) is 12.3. The van der Waals surface area contributed by atoms with Crippen molar-refractivity contribution >= 4 is 11.3 Å². The van der Waals surface area contributed by atoms with Gasteiger partial charge in [0.2, 0.25) is 0 Å². The highest BCUT2D eigenvalue weighted by molar-refractivity contribution is 7.09. The monoisotopic (exact) mass is 289 g/mol. The van der Waals surface area contributed by atoms with E-state index < -0.39 is 0 Å². The van der Waals surface area contributed by atoms with Crippen molar-refractivity contribution in [1.82, 2.24) is 5.32 Å². The first-order valence-corrected chi connectivity index (χ1v) is 8.11. The predicted molar refractivity (Wildman–Crippen MR) is 86.8 cm³/mol. The summed E-state index contributed by atoms with van der Waals surface area (Å²) in [7, 11) is 0. The van der Waals surface area contributed by atoms with E-state index in [1.54, 1.807) is 0 Å². The Kier molecular flexibility index (Phi) is 6.09. The summed E-state index contributed by atoms with van der Waals surface area (Å²) in [5.74, 6) is 0.969. The number of hydrogen-bond acceptors (Lipinski definition) is 3. The summed E-state index contributed by atoms with van der Waals surface area (Å²) in [5, 5.41) is 5.69. The molecule has 108 valence electrons. The van der Waals surface area contributed by atoms with Crippen LogP contribution in [0.1, 0.15) is 23.8 Å². The first-order chi connectivity index (χ1) is 9.78. The normalized spacial score (nSPS) is 12.3. The molecule has 1 N–H and O–H groups in total. The van der Waals surface area contributed by atoms with Gasteiger partial charge in [-0.05, 0) is 55.5 Å². The van der Waals surface area contributed by atoms with E-state index in [4.69, 9.17) is 4.74 Å². The summed E-state index contributed by atoms with van der Waals surface area (Å²) in [4.78, 5) is 1.44. The third-order valence-electron chi connectivity index (χ3n) is 3.25. The third-order valence-corrected chi connectivity index (χ3v) is 4.14. The van der Waals surface area contributed by atoms with Gasteiger partial charge in [0.25, 0.3) is 0 Å². The van der Waals surface area contributed by atoms with Gasteiger partial charge in [-0.3, -0.25) is 0 Å². The summed E-state index contributed by atoms with van der Waals surface area (Å²) in [6.07, 6.45) is 2.11. The van der Waals surface area contributed by atoms with Crippen LogP contribution in [0.2, 0.25) is 0 Å². The van der Waals surface area contributed by atoms with Gasteiger partial charge in [-0.1, -0.05) is 25.1 Å². The second kappa shape index (κ2) is 8.08. The number of rotatable bonds is 8. The van der Waals surface area contributed by atoms with Crippen LogP contribution in [0.25, 0.3) is 0 Å². The summed E-state index contributed by atoms with van der Waals surface area (Å²) in [6.45, 7) is 6.00. The van der Waals surface area contributed by atoms with Crippen molar-refractivity contribution in [2.75, 3.05) is 13.2 Å². The maximum Gasteiger partial charge on any atom is 0.119 e. The number of aryl methyl sites for hydroxylation is 1.